The predicted molar refractivity (Wildman–Crippen MR) is 109 cm³/mol. The van der Waals surface area contributed by atoms with Crippen LogP contribution in [0.1, 0.15) is 6.92 Å². The van der Waals surface area contributed by atoms with Crippen molar-refractivity contribution in [1.29, 1.82) is 0 Å². The van der Waals surface area contributed by atoms with Crippen molar-refractivity contribution in [3.05, 3.63) is 52.5 Å². The van der Waals surface area contributed by atoms with Gasteiger partial charge in [0.2, 0.25) is 11.8 Å². The first-order valence-electron chi connectivity index (χ1n) is 7.83. The fourth-order valence-electron chi connectivity index (χ4n) is 2.10. The molecule has 0 fully saturated rings. The van der Waals surface area contributed by atoms with E-state index in [0.717, 1.165) is 0 Å². The smallest absolute Gasteiger partial charge is 0.234 e. The molecule has 5 nitrogen and oxygen atoms in total. The van der Waals surface area contributed by atoms with E-state index in [1.807, 2.05) is 19.1 Å². The molecule has 0 aliphatic rings. The van der Waals surface area contributed by atoms with Crippen LogP contribution < -0.4 is 15.4 Å². The van der Waals surface area contributed by atoms with Crippen LogP contribution in [-0.4, -0.2) is 29.9 Å². The lowest BCUT2D eigenvalue weighted by molar-refractivity contribution is -0.114. The number of hydrogen-bond acceptors (Lipinski definition) is 4. The maximum absolute atomic E-state index is 12.0. The number of amides is 2. The average molecular weight is 413 g/mol. The zero-order valence-corrected chi connectivity index (χ0v) is 16.4. The van der Waals surface area contributed by atoms with Crippen molar-refractivity contribution in [1.82, 2.24) is 0 Å². The van der Waals surface area contributed by atoms with Gasteiger partial charge >= 0.3 is 0 Å². The minimum absolute atomic E-state index is 0.130. The highest BCUT2D eigenvalue weighted by atomic mass is 35.5. The van der Waals surface area contributed by atoms with Crippen LogP contribution in [0, 0.1) is 0 Å². The average Bonchev–Trinajstić information content (AvgIpc) is 2.56. The number of para-hydroxylation sites is 2. The van der Waals surface area contributed by atoms with Gasteiger partial charge in [-0.05, 0) is 37.3 Å². The lowest BCUT2D eigenvalue weighted by Crippen LogP contribution is -2.18. The molecule has 0 atom stereocenters. The summed E-state index contributed by atoms with van der Waals surface area (Å²) in [6.07, 6.45) is 0. The highest BCUT2D eigenvalue weighted by Gasteiger charge is 2.10. The molecule has 0 saturated carbocycles. The van der Waals surface area contributed by atoms with Crippen molar-refractivity contribution in [3.8, 4) is 5.75 Å². The molecule has 0 saturated heterocycles. The number of thioether (sulfide) groups is 1. The quantitative estimate of drug-likeness (QED) is 0.658. The van der Waals surface area contributed by atoms with E-state index in [4.69, 9.17) is 27.9 Å². The second-order valence-electron chi connectivity index (χ2n) is 5.18. The highest BCUT2D eigenvalue weighted by molar-refractivity contribution is 8.00. The molecule has 26 heavy (non-hydrogen) atoms. The molecule has 0 aromatic heterocycles. The summed E-state index contributed by atoms with van der Waals surface area (Å²) in [6.45, 7) is 2.38. The Bertz CT molecular complexity index is 767. The van der Waals surface area contributed by atoms with E-state index in [-0.39, 0.29) is 23.3 Å². The van der Waals surface area contributed by atoms with Crippen molar-refractivity contribution in [2.24, 2.45) is 0 Å². The molecule has 2 aromatic carbocycles. The SMILES string of the molecule is CCOc1ccccc1NC(=O)CSCC(=O)Nc1cc(Cl)cc(Cl)c1. The summed E-state index contributed by atoms with van der Waals surface area (Å²) >= 11 is 13.0. The third kappa shape index (κ3) is 6.78. The summed E-state index contributed by atoms with van der Waals surface area (Å²) in [5, 5.41) is 6.35. The van der Waals surface area contributed by atoms with Gasteiger partial charge in [-0.25, -0.2) is 0 Å². The molecule has 0 aliphatic carbocycles. The lowest BCUT2D eigenvalue weighted by atomic mass is 10.3. The van der Waals surface area contributed by atoms with Crippen LogP contribution in [0.15, 0.2) is 42.5 Å². The molecular formula is C18H18Cl2N2O3S. The van der Waals surface area contributed by atoms with Crippen LogP contribution in [0.4, 0.5) is 11.4 Å². The number of carbonyl (C=O) groups is 2. The van der Waals surface area contributed by atoms with Gasteiger partial charge in [0, 0.05) is 15.7 Å². The molecule has 0 bridgehead atoms. The lowest BCUT2D eigenvalue weighted by Gasteiger charge is -2.11. The van der Waals surface area contributed by atoms with Crippen molar-refractivity contribution in [2.45, 2.75) is 6.92 Å². The maximum atomic E-state index is 12.0. The number of nitrogens with one attached hydrogen (secondary N) is 2. The number of carbonyl (C=O) groups excluding carboxylic acids is 2. The van der Waals surface area contributed by atoms with E-state index in [1.54, 1.807) is 30.3 Å². The van der Waals surface area contributed by atoms with Crippen LogP contribution in [-0.2, 0) is 9.59 Å². The Hall–Kier alpha value is -1.89. The summed E-state index contributed by atoms with van der Waals surface area (Å²) in [4.78, 5) is 24.0. The number of benzene rings is 2. The summed E-state index contributed by atoms with van der Waals surface area (Å²) in [5.74, 6) is 0.440. The van der Waals surface area contributed by atoms with Crippen molar-refractivity contribution in [2.75, 3.05) is 28.7 Å². The van der Waals surface area contributed by atoms with E-state index < -0.39 is 0 Å². The molecule has 2 amide bonds. The Labute approximate surface area is 166 Å². The fourth-order valence-corrected chi connectivity index (χ4v) is 3.24. The second kappa shape index (κ2) is 10.3. The van der Waals surface area contributed by atoms with Crippen molar-refractivity contribution < 1.29 is 14.3 Å². The van der Waals surface area contributed by atoms with Crippen LogP contribution in [0.5, 0.6) is 5.75 Å². The number of anilines is 2. The minimum Gasteiger partial charge on any atom is -0.492 e. The molecule has 0 heterocycles. The van der Waals surface area contributed by atoms with Gasteiger partial charge in [-0.2, -0.15) is 0 Å². The number of rotatable bonds is 8. The van der Waals surface area contributed by atoms with E-state index >= 15 is 0 Å². The Morgan fingerprint density at radius 1 is 1.00 bits per heavy atom. The second-order valence-corrected chi connectivity index (χ2v) is 7.03. The van der Waals surface area contributed by atoms with Gasteiger partial charge in [-0.15, -0.1) is 11.8 Å². The standard InChI is InChI=1S/C18H18Cl2N2O3S/c1-2-25-16-6-4-3-5-15(16)22-18(24)11-26-10-17(23)21-14-8-12(19)7-13(20)9-14/h3-9H,2,10-11H2,1H3,(H,21,23)(H,22,24). The largest absolute Gasteiger partial charge is 0.492 e. The van der Waals surface area contributed by atoms with Gasteiger partial charge in [0.1, 0.15) is 5.75 Å². The van der Waals surface area contributed by atoms with Crippen molar-refractivity contribution in [3.63, 3.8) is 0 Å². The van der Waals surface area contributed by atoms with Crippen LogP contribution in [0.2, 0.25) is 10.0 Å². The predicted octanol–water partition coefficient (Wildman–Crippen LogP) is 4.70. The van der Waals surface area contributed by atoms with E-state index in [0.29, 0.717) is 33.8 Å². The Morgan fingerprint density at radius 3 is 2.27 bits per heavy atom. The first-order valence-corrected chi connectivity index (χ1v) is 9.74. The molecular weight excluding hydrogens is 395 g/mol. The van der Waals surface area contributed by atoms with E-state index in [9.17, 15) is 9.59 Å². The van der Waals surface area contributed by atoms with Crippen LogP contribution >= 0.6 is 35.0 Å². The molecule has 0 unspecified atom stereocenters. The third-order valence-corrected chi connectivity index (χ3v) is 4.44. The zero-order valence-electron chi connectivity index (χ0n) is 14.1. The van der Waals surface area contributed by atoms with Gasteiger partial charge < -0.3 is 15.4 Å². The van der Waals surface area contributed by atoms with Gasteiger partial charge in [0.05, 0.1) is 23.8 Å². The first kappa shape index (κ1) is 20.4. The molecule has 0 radical (unpaired) electrons. The van der Waals surface area contributed by atoms with Gasteiger partial charge in [0.15, 0.2) is 0 Å². The molecule has 2 aromatic rings. The Kier molecular flexibility index (Phi) is 8.09. The Morgan fingerprint density at radius 2 is 1.62 bits per heavy atom. The van der Waals surface area contributed by atoms with Gasteiger partial charge in [-0.1, -0.05) is 35.3 Å². The minimum atomic E-state index is -0.240. The summed E-state index contributed by atoms with van der Waals surface area (Å²) in [5.41, 5.74) is 1.13. The molecule has 0 aliphatic heterocycles. The number of ether oxygens (including phenoxy) is 1. The monoisotopic (exact) mass is 412 g/mol. The molecule has 2 rings (SSSR count). The first-order chi connectivity index (χ1) is 12.5. The van der Waals surface area contributed by atoms with Crippen molar-refractivity contribution >= 4 is 58.2 Å². The van der Waals surface area contributed by atoms with E-state index in [2.05, 4.69) is 10.6 Å². The van der Waals surface area contributed by atoms with Crippen LogP contribution in [0.25, 0.3) is 0 Å². The summed E-state index contributed by atoms with van der Waals surface area (Å²) < 4.78 is 5.46. The van der Waals surface area contributed by atoms with E-state index in [1.165, 1.54) is 11.8 Å². The normalized spacial score (nSPS) is 10.3. The maximum Gasteiger partial charge on any atom is 0.234 e. The van der Waals surface area contributed by atoms with Gasteiger partial charge in [-0.3, -0.25) is 9.59 Å². The molecule has 8 heteroatoms. The summed E-state index contributed by atoms with van der Waals surface area (Å²) in [6, 6.07) is 12.0. The highest BCUT2D eigenvalue weighted by Crippen LogP contribution is 2.24. The van der Waals surface area contributed by atoms with Gasteiger partial charge in [0.25, 0.3) is 0 Å². The Balaban J connectivity index is 1.78. The zero-order chi connectivity index (χ0) is 18.9. The third-order valence-electron chi connectivity index (χ3n) is 3.07. The molecule has 138 valence electrons. The fraction of sp³-hybridized carbons (Fsp3) is 0.222. The number of hydrogen-bond donors (Lipinski definition) is 2. The molecule has 2 N–H and O–H groups in total. The van der Waals surface area contributed by atoms with Crippen LogP contribution in [0.3, 0.4) is 0 Å². The number of halogens is 2. The summed E-state index contributed by atoms with van der Waals surface area (Å²) in [7, 11) is 0. The topological polar surface area (TPSA) is 67.4 Å². The molecule has 0 spiro atoms.